The lowest BCUT2D eigenvalue weighted by molar-refractivity contribution is 0.295. The topological polar surface area (TPSA) is 0 Å². The fourth-order valence-corrected chi connectivity index (χ4v) is 0. The maximum absolute atomic E-state index is 9.62. The molecular formula is CH4F2I2. The van der Waals surface area contributed by atoms with Gasteiger partial charge in [0.2, 0.25) is 6.93 Å². The Labute approximate surface area is 63.4 Å². The molecule has 0 aromatic heterocycles. The first-order valence-corrected chi connectivity index (χ1v) is 0.535. The van der Waals surface area contributed by atoms with E-state index in [9.17, 15) is 8.78 Å². The van der Waals surface area contributed by atoms with Crippen LogP contribution in [0.4, 0.5) is 8.78 Å². The molecule has 0 amide bonds. The van der Waals surface area contributed by atoms with Crippen LogP contribution in [0.3, 0.4) is 0 Å². The van der Waals surface area contributed by atoms with Crippen LogP contribution in [0, 0.1) is 0 Å². The molecule has 0 aliphatic heterocycles. The maximum Gasteiger partial charge on any atom is 0.229 e. The summed E-state index contributed by atoms with van der Waals surface area (Å²) in [6.07, 6.45) is 0. The van der Waals surface area contributed by atoms with Crippen LogP contribution >= 0.6 is 48.0 Å². The molecule has 0 aromatic carbocycles. The van der Waals surface area contributed by atoms with Crippen molar-refractivity contribution in [1.82, 2.24) is 0 Å². The van der Waals surface area contributed by atoms with Gasteiger partial charge in [-0.3, -0.25) is 0 Å². The molecule has 0 atom stereocenters. The summed E-state index contributed by atoms with van der Waals surface area (Å²) in [6, 6.07) is 0. The van der Waals surface area contributed by atoms with Crippen LogP contribution in [-0.4, -0.2) is 6.93 Å². The molecule has 0 bridgehead atoms. The van der Waals surface area contributed by atoms with Crippen molar-refractivity contribution in [3.8, 4) is 0 Å². The van der Waals surface area contributed by atoms with E-state index in [4.69, 9.17) is 0 Å². The van der Waals surface area contributed by atoms with E-state index in [-0.39, 0.29) is 48.0 Å². The van der Waals surface area contributed by atoms with Crippen molar-refractivity contribution in [3.63, 3.8) is 0 Å². The highest BCUT2D eigenvalue weighted by atomic mass is 127. The second kappa shape index (κ2) is 18.4. The molecule has 4 heteroatoms. The predicted octanol–water partition coefficient (Wildman–Crippen LogP) is 2.12. The van der Waals surface area contributed by atoms with Crippen LogP contribution in [0.5, 0.6) is 0 Å². The molecule has 5 heavy (non-hydrogen) atoms. The van der Waals surface area contributed by atoms with E-state index >= 15 is 0 Å². The van der Waals surface area contributed by atoms with E-state index in [0.29, 0.717) is 0 Å². The molecule has 0 nitrogen and oxygen atoms in total. The van der Waals surface area contributed by atoms with Gasteiger partial charge in [-0.05, 0) is 0 Å². The molecule has 0 radical (unpaired) electrons. The number of alkyl halides is 2. The SMILES string of the molecule is FCF.I.I. The Morgan fingerprint density at radius 3 is 1.00 bits per heavy atom. The lowest BCUT2D eigenvalue weighted by Gasteiger charge is -1.42. The number of hydrogen-bond donors (Lipinski definition) is 0. The zero-order valence-electron chi connectivity index (χ0n) is 2.28. The number of rotatable bonds is 0. The molecule has 0 aliphatic carbocycles. The van der Waals surface area contributed by atoms with E-state index < -0.39 is 6.93 Å². The first kappa shape index (κ1) is 16.2. The van der Waals surface area contributed by atoms with Gasteiger partial charge in [-0.25, -0.2) is 8.78 Å². The van der Waals surface area contributed by atoms with Crippen molar-refractivity contribution in [3.05, 3.63) is 0 Å². The second-order valence-corrected chi connectivity index (χ2v) is 0.101. The van der Waals surface area contributed by atoms with Crippen molar-refractivity contribution >= 4 is 48.0 Å². The molecule has 0 unspecified atom stereocenters. The molecule has 0 rings (SSSR count). The van der Waals surface area contributed by atoms with Crippen LogP contribution in [0.15, 0.2) is 0 Å². The fourth-order valence-electron chi connectivity index (χ4n) is 0. The molecule has 0 saturated carbocycles. The third kappa shape index (κ3) is 33.7. The van der Waals surface area contributed by atoms with Gasteiger partial charge in [0.05, 0.1) is 0 Å². The van der Waals surface area contributed by atoms with Gasteiger partial charge in [-0.1, -0.05) is 0 Å². The van der Waals surface area contributed by atoms with E-state index in [1.807, 2.05) is 0 Å². The third-order valence-corrected chi connectivity index (χ3v) is 0. The molecule has 0 spiro atoms. The lowest BCUT2D eigenvalue weighted by atomic mass is 11.7. The van der Waals surface area contributed by atoms with Gasteiger partial charge < -0.3 is 0 Å². The summed E-state index contributed by atoms with van der Waals surface area (Å²) >= 11 is 0. The summed E-state index contributed by atoms with van der Waals surface area (Å²) in [5.41, 5.74) is 0. The molecule has 0 N–H and O–H groups in total. The highest BCUT2D eigenvalue weighted by Gasteiger charge is 1.44. The van der Waals surface area contributed by atoms with Gasteiger partial charge in [-0.15, -0.1) is 48.0 Å². The highest BCUT2D eigenvalue weighted by molar-refractivity contribution is 14.0. The summed E-state index contributed by atoms with van der Waals surface area (Å²) in [7, 11) is 0. The van der Waals surface area contributed by atoms with Crippen LogP contribution in [-0.2, 0) is 0 Å². The summed E-state index contributed by atoms with van der Waals surface area (Å²) in [6.45, 7) is -1.75. The Balaban J connectivity index is -0.0000000200. The van der Waals surface area contributed by atoms with Gasteiger partial charge in [0.1, 0.15) is 0 Å². The smallest absolute Gasteiger partial charge is 0.214 e. The third-order valence-electron chi connectivity index (χ3n) is 0. The highest BCUT2D eigenvalue weighted by Crippen LogP contribution is 1.56. The zero-order valence-corrected chi connectivity index (χ0v) is 6.94. The molecular weight excluding hydrogens is 304 g/mol. The zero-order chi connectivity index (χ0) is 2.71. The normalized spacial score (nSPS) is 3.60. The molecule has 0 fully saturated rings. The Morgan fingerprint density at radius 2 is 1.00 bits per heavy atom. The van der Waals surface area contributed by atoms with Crippen LogP contribution < -0.4 is 0 Å². The van der Waals surface area contributed by atoms with Gasteiger partial charge in [0.25, 0.3) is 0 Å². The van der Waals surface area contributed by atoms with Crippen molar-refractivity contribution < 1.29 is 8.78 Å². The molecule has 0 heterocycles. The Kier molecular flexibility index (Phi) is 59.9. The Bertz CT molecular complexity index is 7.61. The van der Waals surface area contributed by atoms with E-state index in [2.05, 4.69) is 0 Å². The minimum absolute atomic E-state index is 0. The minimum atomic E-state index is -1.75. The summed E-state index contributed by atoms with van der Waals surface area (Å²) in [5.74, 6) is 0. The second-order valence-electron chi connectivity index (χ2n) is 0.101. The van der Waals surface area contributed by atoms with Crippen LogP contribution in [0.25, 0.3) is 0 Å². The molecule has 0 aliphatic rings. The molecule has 0 saturated heterocycles. The van der Waals surface area contributed by atoms with Crippen LogP contribution in [0.2, 0.25) is 0 Å². The summed E-state index contributed by atoms with van der Waals surface area (Å²) in [5, 5.41) is 0. The van der Waals surface area contributed by atoms with Crippen molar-refractivity contribution in [1.29, 1.82) is 0 Å². The van der Waals surface area contributed by atoms with E-state index in [1.54, 1.807) is 0 Å². The van der Waals surface area contributed by atoms with Gasteiger partial charge in [0, 0.05) is 0 Å². The summed E-state index contributed by atoms with van der Waals surface area (Å²) < 4.78 is 19.2. The number of hydrogen-bond acceptors (Lipinski definition) is 0. The van der Waals surface area contributed by atoms with Gasteiger partial charge in [0.15, 0.2) is 0 Å². The monoisotopic (exact) mass is 308 g/mol. The van der Waals surface area contributed by atoms with Gasteiger partial charge in [-0.2, -0.15) is 0 Å². The Hall–Kier alpha value is 1.32. The molecule has 36 valence electrons. The van der Waals surface area contributed by atoms with Crippen molar-refractivity contribution in [2.24, 2.45) is 0 Å². The average molecular weight is 308 g/mol. The lowest BCUT2D eigenvalue weighted by Crippen LogP contribution is -1.34. The first-order valence-electron chi connectivity index (χ1n) is 0.535. The quantitative estimate of drug-likeness (QED) is 0.601. The maximum atomic E-state index is 9.62. The van der Waals surface area contributed by atoms with Gasteiger partial charge >= 0.3 is 0 Å². The number of halogens is 4. The first-order chi connectivity index (χ1) is 1.41. The minimum Gasteiger partial charge on any atom is -0.214 e. The van der Waals surface area contributed by atoms with E-state index in [1.165, 1.54) is 0 Å². The van der Waals surface area contributed by atoms with Crippen molar-refractivity contribution in [2.45, 2.75) is 0 Å². The van der Waals surface area contributed by atoms with Crippen molar-refractivity contribution in [2.75, 3.05) is 6.93 Å². The fraction of sp³-hybridized carbons (Fsp3) is 1.00. The van der Waals surface area contributed by atoms with E-state index in [0.717, 1.165) is 0 Å². The van der Waals surface area contributed by atoms with Crippen LogP contribution in [0.1, 0.15) is 0 Å². The summed E-state index contributed by atoms with van der Waals surface area (Å²) in [4.78, 5) is 0. The standard InChI is InChI=1S/CH2F2.2HI/c2-1-3;;/h1H2;2*1H. The predicted molar refractivity (Wildman–Crippen MR) is 37.9 cm³/mol. The molecule has 0 aromatic rings. The largest absolute Gasteiger partial charge is 0.229 e. The Morgan fingerprint density at radius 1 is 1.00 bits per heavy atom. The average Bonchev–Trinajstić information content (AvgIpc) is 0.918.